The fraction of sp³-hybridized carbons (Fsp3) is 0.250. The number of benzene rings is 1. The Balaban J connectivity index is 2.18. The number of nitrogens with two attached hydrogens (primary N) is 1. The summed E-state index contributed by atoms with van der Waals surface area (Å²) in [6, 6.07) is 11.6. The lowest BCUT2D eigenvalue weighted by Gasteiger charge is -2.40. The van der Waals surface area contributed by atoms with Gasteiger partial charge in [-0.3, -0.25) is 9.69 Å². The number of amides is 1. The molecule has 1 aromatic heterocycles. The number of allylic oxidation sites excluding steroid dienone is 1. The van der Waals surface area contributed by atoms with Crippen molar-refractivity contribution in [2.45, 2.75) is 25.3 Å². The van der Waals surface area contributed by atoms with Gasteiger partial charge in [0.05, 0.1) is 5.92 Å². The zero-order valence-corrected chi connectivity index (χ0v) is 16.6. The molecular formula is C20H21BrN4O. The van der Waals surface area contributed by atoms with E-state index in [2.05, 4.69) is 27.5 Å². The first-order chi connectivity index (χ1) is 12.2. The smallest absolute Gasteiger partial charge is 0.239 e. The second-order valence-corrected chi connectivity index (χ2v) is 7.53. The minimum atomic E-state index is -0.829. The van der Waals surface area contributed by atoms with Gasteiger partial charge in [0.25, 0.3) is 0 Å². The number of nitrogens with zero attached hydrogens (tertiary/aromatic N) is 3. The van der Waals surface area contributed by atoms with E-state index in [9.17, 15) is 4.79 Å². The van der Waals surface area contributed by atoms with Crippen LogP contribution in [0.2, 0.25) is 0 Å². The summed E-state index contributed by atoms with van der Waals surface area (Å²) in [4.78, 5) is 23.4. The van der Waals surface area contributed by atoms with Gasteiger partial charge in [-0.15, -0.1) is 0 Å². The molecule has 1 amide bonds. The number of likely N-dealkylation sites (N-methyl/N-ethyl adjacent to an activating group) is 1. The Morgan fingerprint density at radius 3 is 2.54 bits per heavy atom. The fourth-order valence-corrected chi connectivity index (χ4v) is 3.67. The van der Waals surface area contributed by atoms with Gasteiger partial charge in [-0.25, -0.2) is 9.98 Å². The maximum absolute atomic E-state index is 13.1. The molecule has 6 heteroatoms. The van der Waals surface area contributed by atoms with Crippen molar-refractivity contribution in [3.05, 3.63) is 70.5 Å². The molecule has 0 unspecified atom stereocenters. The zero-order valence-electron chi connectivity index (χ0n) is 15.0. The Kier molecular flexibility index (Phi) is 4.71. The number of guanidine groups is 1. The van der Waals surface area contributed by atoms with Crippen molar-refractivity contribution < 1.29 is 4.79 Å². The zero-order chi connectivity index (χ0) is 19.1. The van der Waals surface area contributed by atoms with E-state index < -0.39 is 11.5 Å². The van der Waals surface area contributed by atoms with Crippen LogP contribution in [-0.4, -0.2) is 28.8 Å². The standard InChI is InChI=1S/C20H21BrN4O/c1-12(2)13-5-7-14(8-6-13)17-18(26)25(4)19(22)24-20(17,3)15-9-10-23-16(21)11-15/h5-11,17H,1H2,2-4H3,(H2,22,24)/t17-,20+/m0/s1. The van der Waals surface area contributed by atoms with Crippen molar-refractivity contribution in [3.63, 3.8) is 0 Å². The van der Waals surface area contributed by atoms with Crippen LogP contribution in [0.5, 0.6) is 0 Å². The van der Waals surface area contributed by atoms with E-state index in [1.54, 1.807) is 13.2 Å². The summed E-state index contributed by atoms with van der Waals surface area (Å²) in [7, 11) is 1.65. The van der Waals surface area contributed by atoms with E-state index in [1.807, 2.05) is 50.2 Å². The molecule has 1 aliphatic rings. The Morgan fingerprint density at radius 2 is 1.96 bits per heavy atom. The minimum Gasteiger partial charge on any atom is -0.369 e. The van der Waals surface area contributed by atoms with Crippen LogP contribution in [0.3, 0.4) is 0 Å². The maximum atomic E-state index is 13.1. The van der Waals surface area contributed by atoms with Crippen LogP contribution < -0.4 is 5.73 Å². The molecule has 0 saturated carbocycles. The third kappa shape index (κ3) is 3.05. The number of pyridine rings is 1. The first-order valence-corrected chi connectivity index (χ1v) is 9.04. The molecule has 2 heterocycles. The lowest BCUT2D eigenvalue weighted by atomic mass is 9.74. The molecule has 0 spiro atoms. The summed E-state index contributed by atoms with van der Waals surface area (Å²) < 4.78 is 0.688. The molecule has 1 aromatic carbocycles. The molecule has 26 heavy (non-hydrogen) atoms. The molecule has 0 radical (unpaired) electrons. The molecule has 5 nitrogen and oxygen atoms in total. The highest BCUT2D eigenvalue weighted by molar-refractivity contribution is 9.10. The van der Waals surface area contributed by atoms with Crippen LogP contribution in [0, 0.1) is 0 Å². The van der Waals surface area contributed by atoms with E-state index in [-0.39, 0.29) is 11.9 Å². The topological polar surface area (TPSA) is 71.6 Å². The second-order valence-electron chi connectivity index (χ2n) is 6.72. The Hall–Kier alpha value is -2.47. The normalized spacial score (nSPS) is 22.9. The summed E-state index contributed by atoms with van der Waals surface area (Å²) >= 11 is 3.40. The third-order valence-electron chi connectivity index (χ3n) is 4.88. The van der Waals surface area contributed by atoms with Crippen molar-refractivity contribution in [1.29, 1.82) is 0 Å². The molecule has 2 aromatic rings. The predicted molar refractivity (Wildman–Crippen MR) is 108 cm³/mol. The minimum absolute atomic E-state index is 0.0870. The number of aromatic nitrogens is 1. The number of hydrogen-bond donors (Lipinski definition) is 1. The highest BCUT2D eigenvalue weighted by atomic mass is 79.9. The number of rotatable bonds is 3. The van der Waals surface area contributed by atoms with Crippen LogP contribution in [0.15, 0.2) is 58.8 Å². The fourth-order valence-electron chi connectivity index (χ4n) is 3.30. The highest BCUT2D eigenvalue weighted by Crippen LogP contribution is 2.44. The van der Waals surface area contributed by atoms with Gasteiger partial charge < -0.3 is 5.73 Å². The van der Waals surface area contributed by atoms with Crippen LogP contribution in [0.25, 0.3) is 5.57 Å². The van der Waals surface area contributed by atoms with E-state index >= 15 is 0 Å². The van der Waals surface area contributed by atoms with Crippen LogP contribution >= 0.6 is 15.9 Å². The van der Waals surface area contributed by atoms with Gasteiger partial charge in [-0.2, -0.15) is 0 Å². The first kappa shape index (κ1) is 18.3. The predicted octanol–water partition coefficient (Wildman–Crippen LogP) is 3.66. The molecule has 134 valence electrons. The lowest BCUT2D eigenvalue weighted by molar-refractivity contribution is -0.130. The van der Waals surface area contributed by atoms with Crippen molar-refractivity contribution in [3.8, 4) is 0 Å². The second kappa shape index (κ2) is 6.68. The third-order valence-corrected chi connectivity index (χ3v) is 5.31. The van der Waals surface area contributed by atoms with Gasteiger partial charge in [-0.05, 0) is 58.6 Å². The average Bonchev–Trinajstić information content (AvgIpc) is 2.60. The molecule has 0 aliphatic carbocycles. The summed E-state index contributed by atoms with van der Waals surface area (Å²) in [5.41, 5.74) is 8.99. The van der Waals surface area contributed by atoms with Crippen molar-refractivity contribution in [2.75, 3.05) is 7.05 Å². The molecule has 1 aliphatic heterocycles. The quantitative estimate of drug-likeness (QED) is 0.781. The number of carbonyl (C=O) groups is 1. The maximum Gasteiger partial charge on any atom is 0.239 e. The van der Waals surface area contributed by atoms with Gasteiger partial charge in [0.1, 0.15) is 10.1 Å². The van der Waals surface area contributed by atoms with Gasteiger partial charge in [0.2, 0.25) is 5.91 Å². The van der Waals surface area contributed by atoms with E-state index in [0.717, 1.165) is 22.3 Å². The molecule has 2 N–H and O–H groups in total. The largest absolute Gasteiger partial charge is 0.369 e. The molecule has 3 rings (SSSR count). The lowest BCUT2D eigenvalue weighted by Crippen LogP contribution is -2.52. The van der Waals surface area contributed by atoms with Crippen LogP contribution in [-0.2, 0) is 10.3 Å². The van der Waals surface area contributed by atoms with Gasteiger partial charge in [0, 0.05) is 13.2 Å². The van der Waals surface area contributed by atoms with Gasteiger partial charge in [0.15, 0.2) is 5.96 Å². The number of carbonyl (C=O) groups excluding carboxylic acids is 1. The van der Waals surface area contributed by atoms with Crippen molar-refractivity contribution in [2.24, 2.45) is 10.7 Å². The van der Waals surface area contributed by atoms with Crippen molar-refractivity contribution in [1.82, 2.24) is 9.88 Å². The Morgan fingerprint density at radius 1 is 1.31 bits per heavy atom. The van der Waals surface area contributed by atoms with E-state index in [1.165, 1.54) is 4.90 Å². The van der Waals surface area contributed by atoms with Gasteiger partial charge in [-0.1, -0.05) is 36.4 Å². The van der Waals surface area contributed by atoms with E-state index in [0.29, 0.717) is 4.60 Å². The van der Waals surface area contributed by atoms with Gasteiger partial charge >= 0.3 is 0 Å². The molecule has 0 fully saturated rings. The van der Waals surface area contributed by atoms with E-state index in [4.69, 9.17) is 10.7 Å². The molecule has 0 saturated heterocycles. The SMILES string of the molecule is C=C(C)c1ccc([C@H]2C(=O)N(C)C(N)=N[C@]2(C)c2ccnc(Br)c2)cc1. The summed E-state index contributed by atoms with van der Waals surface area (Å²) in [5, 5.41) is 0. The van der Waals surface area contributed by atoms with Crippen molar-refractivity contribution >= 4 is 33.4 Å². The van der Waals surface area contributed by atoms with Crippen LogP contribution in [0.1, 0.15) is 36.5 Å². The summed E-state index contributed by atoms with van der Waals surface area (Å²) in [6.45, 7) is 7.86. The first-order valence-electron chi connectivity index (χ1n) is 8.25. The Bertz CT molecular complexity index is 906. The average molecular weight is 413 g/mol. The summed E-state index contributed by atoms with van der Waals surface area (Å²) in [5.74, 6) is -0.371. The number of hydrogen-bond acceptors (Lipinski definition) is 4. The molecule has 0 bridgehead atoms. The number of halogens is 1. The van der Waals surface area contributed by atoms with Crippen LogP contribution in [0.4, 0.5) is 0 Å². The highest BCUT2D eigenvalue weighted by Gasteiger charge is 2.47. The molecule has 2 atom stereocenters. The number of aliphatic imine (C=N–C) groups is 1. The summed E-state index contributed by atoms with van der Waals surface area (Å²) in [6.07, 6.45) is 1.69. The molecular weight excluding hydrogens is 392 g/mol. The monoisotopic (exact) mass is 412 g/mol. The Labute approximate surface area is 161 Å².